The molecule has 2 heterocycles. The number of benzene rings is 2. The molecule has 4 rings (SSSR count). The first kappa shape index (κ1) is 25.0. The summed E-state index contributed by atoms with van der Waals surface area (Å²) in [6, 6.07) is 15.3. The summed E-state index contributed by atoms with van der Waals surface area (Å²) in [6.07, 6.45) is 2.18. The lowest BCUT2D eigenvalue weighted by Gasteiger charge is -2.16. The van der Waals surface area contributed by atoms with Gasteiger partial charge >= 0.3 is 0 Å². The van der Waals surface area contributed by atoms with E-state index in [-0.39, 0.29) is 23.3 Å². The molecule has 0 bridgehead atoms. The van der Waals surface area contributed by atoms with Crippen LogP contribution in [-0.4, -0.2) is 51.4 Å². The van der Waals surface area contributed by atoms with E-state index in [0.29, 0.717) is 16.3 Å². The summed E-state index contributed by atoms with van der Waals surface area (Å²) in [4.78, 5) is 40.8. The molecule has 1 fully saturated rings. The molecule has 1 aliphatic heterocycles. The van der Waals surface area contributed by atoms with E-state index in [1.54, 1.807) is 0 Å². The normalized spacial score (nSPS) is 13.0. The maximum Gasteiger partial charge on any atom is 0.234 e. The molecule has 1 saturated heterocycles. The van der Waals surface area contributed by atoms with Crippen LogP contribution in [0.2, 0.25) is 0 Å². The highest BCUT2D eigenvalue weighted by Crippen LogP contribution is 2.25. The van der Waals surface area contributed by atoms with Crippen molar-refractivity contribution in [1.82, 2.24) is 15.0 Å². The van der Waals surface area contributed by atoms with Crippen LogP contribution in [0.3, 0.4) is 0 Å². The fourth-order valence-electron chi connectivity index (χ4n) is 3.57. The fourth-order valence-corrected chi connectivity index (χ4v) is 4.89. The van der Waals surface area contributed by atoms with Crippen molar-refractivity contribution in [3.8, 4) is 0 Å². The summed E-state index contributed by atoms with van der Waals surface area (Å²) in [5.74, 6) is 0.699. The molecule has 0 saturated carbocycles. The van der Waals surface area contributed by atoms with Gasteiger partial charge in [0, 0.05) is 24.5 Å². The summed E-state index contributed by atoms with van der Waals surface area (Å²) in [5, 5.41) is 6.82. The first-order chi connectivity index (χ1) is 17.0. The molecule has 1 aromatic heterocycles. The Morgan fingerprint density at radius 3 is 1.69 bits per heavy atom. The van der Waals surface area contributed by atoms with Gasteiger partial charge in [-0.2, -0.15) is 15.0 Å². The number of aryl methyl sites for hydroxylation is 2. The number of para-hydroxylation sites is 2. The highest BCUT2D eigenvalue weighted by molar-refractivity contribution is 8.00. The van der Waals surface area contributed by atoms with Gasteiger partial charge in [0.15, 0.2) is 10.3 Å². The Bertz CT molecular complexity index is 1120. The molecule has 35 heavy (non-hydrogen) atoms. The number of thioether (sulfide) groups is 2. The standard InChI is InChI=1S/C25H28N6O2S2/c1-17-9-3-5-11-19(17)26-21(32)15-34-24-28-23(31-13-7-8-14-31)29-25(30-24)35-16-22(33)27-20-12-6-4-10-18(20)2/h3-6,9-12H,7-8,13-16H2,1-2H3,(H,26,32)(H,27,33). The van der Waals surface area contributed by atoms with Crippen molar-refractivity contribution in [2.24, 2.45) is 0 Å². The van der Waals surface area contributed by atoms with Crippen LogP contribution in [0.15, 0.2) is 58.8 Å². The molecule has 3 aromatic rings. The van der Waals surface area contributed by atoms with Gasteiger partial charge in [-0.1, -0.05) is 59.9 Å². The molecule has 2 N–H and O–H groups in total. The molecule has 2 amide bonds. The van der Waals surface area contributed by atoms with Crippen LogP contribution in [0, 0.1) is 13.8 Å². The number of nitrogens with one attached hydrogen (secondary N) is 2. The number of aromatic nitrogens is 3. The van der Waals surface area contributed by atoms with E-state index in [4.69, 9.17) is 0 Å². The van der Waals surface area contributed by atoms with Crippen LogP contribution in [0.5, 0.6) is 0 Å². The van der Waals surface area contributed by atoms with E-state index < -0.39 is 0 Å². The van der Waals surface area contributed by atoms with Crippen LogP contribution in [0.1, 0.15) is 24.0 Å². The van der Waals surface area contributed by atoms with Crippen LogP contribution in [0.4, 0.5) is 17.3 Å². The first-order valence-corrected chi connectivity index (χ1v) is 13.4. The molecule has 10 heteroatoms. The van der Waals surface area contributed by atoms with Crippen LogP contribution >= 0.6 is 23.5 Å². The maximum atomic E-state index is 12.5. The van der Waals surface area contributed by atoms with Crippen molar-refractivity contribution in [1.29, 1.82) is 0 Å². The Balaban J connectivity index is 1.41. The Morgan fingerprint density at radius 1 is 0.771 bits per heavy atom. The van der Waals surface area contributed by atoms with E-state index in [0.717, 1.165) is 48.4 Å². The van der Waals surface area contributed by atoms with Gasteiger partial charge in [-0.25, -0.2) is 0 Å². The summed E-state index contributed by atoms with van der Waals surface area (Å²) in [5.41, 5.74) is 3.60. The lowest BCUT2D eigenvalue weighted by Crippen LogP contribution is -2.22. The lowest BCUT2D eigenvalue weighted by atomic mass is 10.2. The van der Waals surface area contributed by atoms with Crippen LogP contribution in [-0.2, 0) is 9.59 Å². The van der Waals surface area contributed by atoms with E-state index in [9.17, 15) is 9.59 Å². The lowest BCUT2D eigenvalue weighted by molar-refractivity contribution is -0.114. The van der Waals surface area contributed by atoms with E-state index in [1.807, 2.05) is 62.4 Å². The smallest absolute Gasteiger partial charge is 0.234 e. The van der Waals surface area contributed by atoms with Gasteiger partial charge < -0.3 is 15.5 Å². The zero-order valence-electron chi connectivity index (χ0n) is 19.8. The third kappa shape index (κ3) is 7.19. The van der Waals surface area contributed by atoms with Gasteiger partial charge in [0.1, 0.15) is 0 Å². The molecule has 8 nitrogen and oxygen atoms in total. The Hall–Kier alpha value is -3.11. The molecular formula is C25H28N6O2S2. The van der Waals surface area contributed by atoms with Gasteiger partial charge in [0.2, 0.25) is 17.8 Å². The molecule has 0 radical (unpaired) electrons. The zero-order chi connectivity index (χ0) is 24.6. The second kappa shape index (κ2) is 12.0. The second-order valence-corrected chi connectivity index (χ2v) is 10.1. The SMILES string of the molecule is Cc1ccccc1NC(=O)CSc1nc(SCC(=O)Nc2ccccc2C)nc(N2CCCC2)n1. The van der Waals surface area contributed by atoms with E-state index in [1.165, 1.54) is 23.5 Å². The van der Waals surface area contributed by atoms with Gasteiger partial charge in [-0.15, -0.1) is 0 Å². The minimum atomic E-state index is -0.126. The van der Waals surface area contributed by atoms with Crippen LogP contribution in [0.25, 0.3) is 0 Å². The number of hydrogen-bond acceptors (Lipinski definition) is 8. The van der Waals surface area contributed by atoms with Crippen LogP contribution < -0.4 is 15.5 Å². The minimum absolute atomic E-state index is 0.126. The summed E-state index contributed by atoms with van der Waals surface area (Å²) in [7, 11) is 0. The highest BCUT2D eigenvalue weighted by Gasteiger charge is 2.19. The Kier molecular flexibility index (Phi) is 8.59. The quantitative estimate of drug-likeness (QED) is 0.406. The van der Waals surface area contributed by atoms with Crippen molar-refractivity contribution < 1.29 is 9.59 Å². The Morgan fingerprint density at radius 2 is 1.23 bits per heavy atom. The highest BCUT2D eigenvalue weighted by atomic mass is 32.2. The topological polar surface area (TPSA) is 100 Å². The fraction of sp³-hybridized carbons (Fsp3) is 0.320. The summed E-state index contributed by atoms with van der Waals surface area (Å²) in [6.45, 7) is 5.69. The molecule has 182 valence electrons. The van der Waals surface area contributed by atoms with E-state index >= 15 is 0 Å². The van der Waals surface area contributed by atoms with Gasteiger partial charge in [0.25, 0.3) is 0 Å². The number of anilines is 3. The number of amides is 2. The Labute approximate surface area is 213 Å². The summed E-state index contributed by atoms with van der Waals surface area (Å²) >= 11 is 2.53. The summed E-state index contributed by atoms with van der Waals surface area (Å²) < 4.78 is 0. The second-order valence-electron chi connectivity index (χ2n) is 8.20. The number of carbonyl (C=O) groups excluding carboxylic acids is 2. The minimum Gasteiger partial charge on any atom is -0.341 e. The van der Waals surface area contributed by atoms with Crippen molar-refractivity contribution >= 4 is 52.7 Å². The van der Waals surface area contributed by atoms with Crippen molar-refractivity contribution in [3.05, 3.63) is 59.7 Å². The number of rotatable bonds is 9. The molecule has 0 atom stereocenters. The van der Waals surface area contributed by atoms with Crippen molar-refractivity contribution in [2.75, 3.05) is 40.1 Å². The number of nitrogens with zero attached hydrogens (tertiary/aromatic N) is 4. The average molecular weight is 509 g/mol. The van der Waals surface area contributed by atoms with Crippen molar-refractivity contribution in [3.63, 3.8) is 0 Å². The predicted octanol–water partition coefficient (Wildman–Crippen LogP) is 4.55. The first-order valence-electron chi connectivity index (χ1n) is 11.5. The average Bonchev–Trinajstić information content (AvgIpc) is 3.40. The number of hydrogen-bond donors (Lipinski definition) is 2. The molecule has 0 unspecified atom stereocenters. The monoisotopic (exact) mass is 508 g/mol. The van der Waals surface area contributed by atoms with Crippen molar-refractivity contribution in [2.45, 2.75) is 37.0 Å². The maximum absolute atomic E-state index is 12.5. The molecular weight excluding hydrogens is 480 g/mol. The third-order valence-electron chi connectivity index (χ3n) is 5.47. The predicted molar refractivity (Wildman–Crippen MR) is 142 cm³/mol. The van der Waals surface area contributed by atoms with Gasteiger partial charge in [0.05, 0.1) is 11.5 Å². The van der Waals surface area contributed by atoms with E-state index in [2.05, 4.69) is 30.5 Å². The van der Waals surface area contributed by atoms with Gasteiger partial charge in [-0.3, -0.25) is 9.59 Å². The molecule has 1 aliphatic rings. The molecule has 0 spiro atoms. The molecule has 0 aliphatic carbocycles. The zero-order valence-corrected chi connectivity index (χ0v) is 21.4. The largest absolute Gasteiger partial charge is 0.341 e. The number of carbonyl (C=O) groups is 2. The van der Waals surface area contributed by atoms with Gasteiger partial charge in [-0.05, 0) is 49.9 Å². The molecule has 2 aromatic carbocycles. The third-order valence-corrected chi connectivity index (χ3v) is 7.17.